The van der Waals surface area contributed by atoms with Gasteiger partial charge < -0.3 is 24.7 Å². The van der Waals surface area contributed by atoms with Crippen LogP contribution in [0.1, 0.15) is 47.8 Å². The number of nitrogens with one attached hydrogen (secondary N) is 2. The Morgan fingerprint density at radius 3 is 2.23 bits per heavy atom. The van der Waals surface area contributed by atoms with Crippen molar-refractivity contribution in [2.24, 2.45) is 17.8 Å². The molecule has 0 amide bonds. The van der Waals surface area contributed by atoms with Crippen LogP contribution in [-0.4, -0.2) is 52.0 Å². The van der Waals surface area contributed by atoms with Gasteiger partial charge in [0.2, 0.25) is 0 Å². The molecule has 1 fully saturated rings. The third kappa shape index (κ3) is 6.32. The van der Waals surface area contributed by atoms with Gasteiger partial charge in [-0.25, -0.2) is 4.79 Å². The van der Waals surface area contributed by atoms with Gasteiger partial charge in [0.25, 0.3) is 0 Å². The van der Waals surface area contributed by atoms with Gasteiger partial charge in [-0.15, -0.1) is 0 Å². The number of aromatic nitrogens is 2. The van der Waals surface area contributed by atoms with Crippen LogP contribution in [-0.2, 0) is 33.3 Å². The van der Waals surface area contributed by atoms with Crippen LogP contribution in [0.3, 0.4) is 0 Å². The fraction of sp³-hybridized carbons (Fsp3) is 0.667. The minimum Gasteiger partial charge on any atom is -0.462 e. The van der Waals surface area contributed by atoms with Crippen molar-refractivity contribution in [1.29, 1.82) is 0 Å². The third-order valence-electron chi connectivity index (χ3n) is 5.10. The zero-order valence-corrected chi connectivity index (χ0v) is 20.5. The number of ether oxygens (including phenoxy) is 4. The summed E-state index contributed by atoms with van der Waals surface area (Å²) in [5.74, 6) is -3.77. The molecule has 35 heavy (non-hydrogen) atoms. The molecule has 0 unspecified atom stereocenters. The zero-order chi connectivity index (χ0) is 26.5. The first-order valence-electron chi connectivity index (χ1n) is 11.1. The number of nitrogens with two attached hydrogens (primary N) is 1. The Bertz CT molecular complexity index is 1010. The SMILES string of the molecule is CC(C)C(=O)OC[C@@]1(N[NH+]=[N-])O[C@@H](n2ccc(N)nc2=O)[C@H](OC(=O)C(C)C)[C@@H]1OC(=O)C(C)C. The molecule has 2 heterocycles. The summed E-state index contributed by atoms with van der Waals surface area (Å²) in [7, 11) is 0. The van der Waals surface area contributed by atoms with Crippen molar-refractivity contribution in [2.45, 2.75) is 65.7 Å². The Hall–Kier alpha value is -3.55. The van der Waals surface area contributed by atoms with Crippen molar-refractivity contribution in [2.75, 3.05) is 12.3 Å². The van der Waals surface area contributed by atoms with Gasteiger partial charge in [-0.1, -0.05) is 41.5 Å². The number of anilines is 1. The van der Waals surface area contributed by atoms with E-state index in [1.54, 1.807) is 46.8 Å². The van der Waals surface area contributed by atoms with Crippen LogP contribution < -0.4 is 22.1 Å². The van der Waals surface area contributed by atoms with Crippen LogP contribution in [0.4, 0.5) is 5.82 Å². The average molecular weight is 497 g/mol. The second kappa shape index (κ2) is 11.3. The molecule has 14 nitrogen and oxygen atoms in total. The van der Waals surface area contributed by atoms with Crippen LogP contribution in [0.25, 0.3) is 5.53 Å². The number of nitrogens with zero attached hydrogens (tertiary/aromatic N) is 3. The van der Waals surface area contributed by atoms with Crippen molar-refractivity contribution in [1.82, 2.24) is 15.0 Å². The van der Waals surface area contributed by atoms with E-state index in [0.717, 1.165) is 4.57 Å². The average Bonchev–Trinajstić information content (AvgIpc) is 3.05. The summed E-state index contributed by atoms with van der Waals surface area (Å²) in [6, 6.07) is 1.32. The Kier molecular flexibility index (Phi) is 8.90. The molecule has 0 saturated carbocycles. The standard InChI is InChI=1S/C21H32N6O8/c1-10(2)17(28)32-9-21(25-26-23)15(34-19(30)12(5)6)14(33-18(29)11(3)4)16(35-21)27-8-7-13(22)24-20(27)31/h7-8,10-12,14-16,26H,9H2,1-6H3,(H3-,22,23,24,25,31)/t14-,15+,16-,21-/m1/s1. The Morgan fingerprint density at radius 2 is 1.71 bits per heavy atom. The summed E-state index contributed by atoms with van der Waals surface area (Å²) < 4.78 is 23.6. The summed E-state index contributed by atoms with van der Waals surface area (Å²) in [5.41, 5.74) is 14.6. The molecule has 0 aromatic carbocycles. The van der Waals surface area contributed by atoms with Gasteiger partial charge in [0.15, 0.2) is 24.2 Å². The van der Waals surface area contributed by atoms with Gasteiger partial charge in [0.1, 0.15) is 12.4 Å². The Balaban J connectivity index is 2.66. The highest BCUT2D eigenvalue weighted by Gasteiger charge is 2.60. The Labute approximate surface area is 201 Å². The molecule has 4 atom stereocenters. The predicted molar refractivity (Wildman–Crippen MR) is 118 cm³/mol. The maximum Gasteiger partial charge on any atom is 0.351 e. The quantitative estimate of drug-likeness (QED) is 0.155. The van der Waals surface area contributed by atoms with Crippen molar-refractivity contribution >= 4 is 23.7 Å². The molecule has 0 radical (unpaired) electrons. The van der Waals surface area contributed by atoms with E-state index in [4.69, 9.17) is 24.7 Å². The number of hydrogen-bond acceptors (Lipinski definition) is 10. The van der Waals surface area contributed by atoms with Crippen molar-refractivity contribution in [3.63, 3.8) is 0 Å². The number of esters is 3. The van der Waals surface area contributed by atoms with Crippen LogP contribution in [0, 0.1) is 17.8 Å². The zero-order valence-electron chi connectivity index (χ0n) is 20.5. The topological polar surface area (TPSA) is 197 Å². The second-order valence-corrected chi connectivity index (χ2v) is 9.01. The summed E-state index contributed by atoms with van der Waals surface area (Å²) in [6.07, 6.45) is -3.07. The summed E-state index contributed by atoms with van der Waals surface area (Å²) >= 11 is 0. The molecule has 14 heteroatoms. The molecule has 0 spiro atoms. The van der Waals surface area contributed by atoms with Gasteiger partial charge in [-0.2, -0.15) is 15.7 Å². The number of hydrogen-bond donors (Lipinski definition) is 3. The van der Waals surface area contributed by atoms with Crippen molar-refractivity contribution < 1.29 is 38.6 Å². The molecule has 0 aliphatic carbocycles. The maximum atomic E-state index is 12.6. The van der Waals surface area contributed by atoms with Gasteiger partial charge in [-0.05, 0) is 6.07 Å². The van der Waals surface area contributed by atoms with E-state index in [9.17, 15) is 24.7 Å². The fourth-order valence-electron chi connectivity index (χ4n) is 3.11. The molecule has 0 bridgehead atoms. The van der Waals surface area contributed by atoms with Crippen molar-refractivity contribution in [3.05, 3.63) is 28.3 Å². The minimum absolute atomic E-state index is 0.0602. The van der Waals surface area contributed by atoms with E-state index < -0.39 is 72.1 Å². The van der Waals surface area contributed by atoms with E-state index >= 15 is 0 Å². The van der Waals surface area contributed by atoms with Crippen molar-refractivity contribution in [3.8, 4) is 0 Å². The fourth-order valence-corrected chi connectivity index (χ4v) is 3.11. The van der Waals surface area contributed by atoms with Crippen LogP contribution in [0.2, 0.25) is 0 Å². The predicted octanol–water partition coefficient (Wildman–Crippen LogP) is -1.01. The lowest BCUT2D eigenvalue weighted by Gasteiger charge is -2.35. The number of carbonyl (C=O) groups excluding carboxylic acids is 3. The summed E-state index contributed by atoms with van der Waals surface area (Å²) in [6.45, 7) is 8.95. The van der Waals surface area contributed by atoms with Gasteiger partial charge in [0.05, 0.1) is 17.8 Å². The number of hydrazine groups is 1. The smallest absolute Gasteiger partial charge is 0.351 e. The number of carbonyl (C=O) groups is 3. The second-order valence-electron chi connectivity index (χ2n) is 9.01. The van der Waals surface area contributed by atoms with E-state index in [1.165, 1.54) is 12.3 Å². The molecule has 194 valence electrons. The molecular weight excluding hydrogens is 464 g/mol. The Morgan fingerprint density at radius 1 is 1.14 bits per heavy atom. The molecule has 1 aromatic rings. The highest BCUT2D eigenvalue weighted by atomic mass is 16.7. The van der Waals surface area contributed by atoms with Crippen LogP contribution in [0.15, 0.2) is 17.1 Å². The minimum atomic E-state index is -1.99. The first kappa shape index (κ1) is 27.7. The number of nitrogen functional groups attached to an aromatic ring is 1. The summed E-state index contributed by atoms with van der Waals surface area (Å²) in [5, 5.41) is 1.71. The first-order valence-corrected chi connectivity index (χ1v) is 11.1. The normalized spacial score (nSPS) is 23.9. The molecule has 2 rings (SSSR count). The van der Waals surface area contributed by atoms with E-state index in [0.29, 0.717) is 0 Å². The van der Waals surface area contributed by atoms with Gasteiger partial charge in [-0.3, -0.25) is 24.4 Å². The van der Waals surface area contributed by atoms with Gasteiger partial charge >= 0.3 is 23.6 Å². The van der Waals surface area contributed by atoms with Crippen LogP contribution >= 0.6 is 0 Å². The largest absolute Gasteiger partial charge is 0.462 e. The lowest BCUT2D eigenvalue weighted by atomic mass is 10.0. The maximum absolute atomic E-state index is 12.6. The lowest BCUT2D eigenvalue weighted by Crippen LogP contribution is -2.85. The molecule has 4 N–H and O–H groups in total. The van der Waals surface area contributed by atoms with Crippen LogP contribution in [0.5, 0.6) is 0 Å². The number of rotatable bonds is 10. The monoisotopic (exact) mass is 496 g/mol. The highest BCUT2D eigenvalue weighted by molar-refractivity contribution is 5.73. The molecule has 1 saturated heterocycles. The highest BCUT2D eigenvalue weighted by Crippen LogP contribution is 2.39. The lowest BCUT2D eigenvalue weighted by molar-refractivity contribution is -0.582. The molecular formula is C21H32N6O8. The summed E-state index contributed by atoms with van der Waals surface area (Å²) in [4.78, 5) is 53.7. The molecule has 1 aromatic heterocycles. The van der Waals surface area contributed by atoms with E-state index in [-0.39, 0.29) is 5.82 Å². The van der Waals surface area contributed by atoms with E-state index in [1.807, 2.05) is 0 Å². The first-order chi connectivity index (χ1) is 16.3. The third-order valence-corrected chi connectivity index (χ3v) is 5.10. The van der Waals surface area contributed by atoms with Gasteiger partial charge in [0, 0.05) is 6.20 Å². The molecule has 1 aliphatic heterocycles. The molecule has 1 aliphatic rings. The van der Waals surface area contributed by atoms with E-state index in [2.05, 4.69) is 10.4 Å².